The standard InChI is InChI=1S/C32H36N4O2S/c1-3-10-25-20-23(21-31-33-35-36-34-31)14-17-30(25)39-19-9-8-18-37-29-16-15-26-28(24-12-6-5-7-13-24)22-38-32(26)27(29)11-4-2/h5-7,12-17,20,22H,3-4,8-11,18-19,21H2,1-2H3,(H,33,34,35,36). The summed E-state index contributed by atoms with van der Waals surface area (Å²) in [7, 11) is 0. The second-order valence-electron chi connectivity index (χ2n) is 9.81. The highest BCUT2D eigenvalue weighted by Gasteiger charge is 2.16. The number of hydrogen-bond donors (Lipinski definition) is 1. The molecule has 7 heteroatoms. The molecule has 0 aliphatic rings. The van der Waals surface area contributed by atoms with Crippen LogP contribution in [0.5, 0.6) is 5.75 Å². The molecule has 0 amide bonds. The van der Waals surface area contributed by atoms with Gasteiger partial charge in [-0.15, -0.1) is 16.9 Å². The molecule has 0 spiro atoms. The Bertz CT molecular complexity index is 1460. The van der Waals surface area contributed by atoms with Crippen LogP contribution >= 0.6 is 11.8 Å². The molecule has 6 nitrogen and oxygen atoms in total. The zero-order chi connectivity index (χ0) is 26.9. The third kappa shape index (κ3) is 6.71. The number of furan rings is 1. The van der Waals surface area contributed by atoms with E-state index in [4.69, 9.17) is 9.15 Å². The molecule has 0 saturated carbocycles. The van der Waals surface area contributed by atoms with Crippen LogP contribution in [0.4, 0.5) is 0 Å². The molecule has 0 aliphatic carbocycles. The van der Waals surface area contributed by atoms with Crippen LogP contribution in [0.15, 0.2) is 76.2 Å². The summed E-state index contributed by atoms with van der Waals surface area (Å²) in [6.45, 7) is 5.14. The average molecular weight is 541 g/mol. The number of benzene rings is 3. The van der Waals surface area contributed by atoms with Gasteiger partial charge in [-0.25, -0.2) is 5.10 Å². The molecule has 1 N–H and O–H groups in total. The predicted octanol–water partition coefficient (Wildman–Crippen LogP) is 8.06. The summed E-state index contributed by atoms with van der Waals surface area (Å²) in [6.07, 6.45) is 8.91. The van der Waals surface area contributed by atoms with Gasteiger partial charge < -0.3 is 9.15 Å². The Morgan fingerprint density at radius 1 is 0.949 bits per heavy atom. The number of nitrogens with zero attached hydrogens (tertiary/aromatic N) is 3. The second kappa shape index (κ2) is 13.5. The first-order chi connectivity index (χ1) is 19.3. The number of hydrogen-bond acceptors (Lipinski definition) is 6. The first-order valence-corrected chi connectivity index (χ1v) is 14.9. The number of aromatic amines is 1. The molecular weight excluding hydrogens is 504 g/mol. The van der Waals surface area contributed by atoms with Crippen molar-refractivity contribution in [1.29, 1.82) is 0 Å². The van der Waals surface area contributed by atoms with Gasteiger partial charge in [-0.1, -0.05) is 69.2 Å². The normalized spacial score (nSPS) is 11.3. The number of aromatic nitrogens is 4. The lowest BCUT2D eigenvalue weighted by Gasteiger charge is -2.13. The fourth-order valence-corrected chi connectivity index (χ4v) is 6.04. The lowest BCUT2D eigenvalue weighted by Crippen LogP contribution is -2.01. The maximum Gasteiger partial charge on any atom is 0.152 e. The van der Waals surface area contributed by atoms with Gasteiger partial charge in [0.25, 0.3) is 0 Å². The molecular formula is C32H36N4O2S. The molecule has 39 heavy (non-hydrogen) atoms. The third-order valence-corrected chi connectivity index (χ3v) is 8.05. The van der Waals surface area contributed by atoms with Crippen molar-refractivity contribution in [2.75, 3.05) is 12.4 Å². The van der Waals surface area contributed by atoms with Crippen LogP contribution in [0.2, 0.25) is 0 Å². The minimum absolute atomic E-state index is 0.709. The Hall–Kier alpha value is -3.58. The molecule has 0 unspecified atom stereocenters. The number of aryl methyl sites for hydroxylation is 2. The van der Waals surface area contributed by atoms with E-state index >= 15 is 0 Å². The average Bonchev–Trinajstić information content (AvgIpc) is 3.63. The molecule has 0 atom stereocenters. The maximum absolute atomic E-state index is 6.30. The van der Waals surface area contributed by atoms with Crippen LogP contribution in [-0.2, 0) is 19.3 Å². The van der Waals surface area contributed by atoms with Crippen molar-refractivity contribution < 1.29 is 9.15 Å². The van der Waals surface area contributed by atoms with Crippen molar-refractivity contribution in [1.82, 2.24) is 20.6 Å². The van der Waals surface area contributed by atoms with E-state index in [0.717, 1.165) is 78.8 Å². The van der Waals surface area contributed by atoms with Gasteiger partial charge in [0.2, 0.25) is 0 Å². The summed E-state index contributed by atoms with van der Waals surface area (Å²) in [5, 5.41) is 15.4. The highest BCUT2D eigenvalue weighted by molar-refractivity contribution is 7.99. The molecule has 5 aromatic rings. The minimum Gasteiger partial charge on any atom is -0.493 e. The van der Waals surface area contributed by atoms with E-state index in [2.05, 4.69) is 89.1 Å². The Labute approximate surface area is 234 Å². The van der Waals surface area contributed by atoms with Crippen LogP contribution in [0, 0.1) is 0 Å². The Morgan fingerprint density at radius 2 is 1.82 bits per heavy atom. The highest BCUT2D eigenvalue weighted by atomic mass is 32.2. The van der Waals surface area contributed by atoms with Crippen LogP contribution < -0.4 is 4.74 Å². The van der Waals surface area contributed by atoms with Crippen LogP contribution in [0.3, 0.4) is 0 Å². The number of unbranched alkanes of at least 4 members (excludes halogenated alkanes) is 1. The van der Waals surface area contributed by atoms with Gasteiger partial charge in [-0.3, -0.25) is 0 Å². The van der Waals surface area contributed by atoms with Gasteiger partial charge in [0.15, 0.2) is 5.82 Å². The van der Waals surface area contributed by atoms with Crippen molar-refractivity contribution in [3.8, 4) is 16.9 Å². The summed E-state index contributed by atoms with van der Waals surface area (Å²) in [5.41, 5.74) is 7.09. The van der Waals surface area contributed by atoms with E-state index in [0.29, 0.717) is 6.61 Å². The van der Waals surface area contributed by atoms with E-state index in [1.165, 1.54) is 27.1 Å². The van der Waals surface area contributed by atoms with Crippen molar-refractivity contribution in [2.45, 2.75) is 63.7 Å². The molecule has 0 aliphatic heterocycles. The largest absolute Gasteiger partial charge is 0.493 e. The Morgan fingerprint density at radius 3 is 2.62 bits per heavy atom. The fraction of sp³-hybridized carbons (Fsp3) is 0.344. The topological polar surface area (TPSA) is 76.8 Å². The summed E-state index contributed by atoms with van der Waals surface area (Å²) >= 11 is 1.95. The van der Waals surface area contributed by atoms with Crippen LogP contribution in [-0.4, -0.2) is 33.0 Å². The van der Waals surface area contributed by atoms with Crippen molar-refractivity contribution in [2.24, 2.45) is 0 Å². The monoisotopic (exact) mass is 540 g/mol. The SMILES string of the molecule is CCCc1cc(Cc2nnn[nH]2)ccc1SCCCCOc1ccc2c(-c3ccccc3)coc2c1CCC. The van der Waals surface area contributed by atoms with E-state index < -0.39 is 0 Å². The maximum atomic E-state index is 6.30. The number of fused-ring (bicyclic) bond motifs is 1. The van der Waals surface area contributed by atoms with Gasteiger partial charge in [0.05, 0.1) is 12.9 Å². The number of rotatable bonds is 14. The van der Waals surface area contributed by atoms with Gasteiger partial charge in [-0.2, -0.15) is 0 Å². The molecule has 0 bridgehead atoms. The highest BCUT2D eigenvalue weighted by Crippen LogP contribution is 2.37. The van der Waals surface area contributed by atoms with E-state index in [1.54, 1.807) is 0 Å². The van der Waals surface area contributed by atoms with E-state index in [1.807, 2.05) is 24.1 Å². The van der Waals surface area contributed by atoms with Crippen molar-refractivity contribution in [3.05, 3.63) is 89.4 Å². The number of H-pyrrole nitrogens is 1. The minimum atomic E-state index is 0.709. The lowest BCUT2D eigenvalue weighted by molar-refractivity contribution is 0.306. The summed E-state index contributed by atoms with van der Waals surface area (Å²) in [5.74, 6) is 2.82. The first-order valence-electron chi connectivity index (χ1n) is 13.9. The number of thioether (sulfide) groups is 1. The summed E-state index contributed by atoms with van der Waals surface area (Å²) in [4.78, 5) is 1.37. The predicted molar refractivity (Wildman–Crippen MR) is 159 cm³/mol. The number of ether oxygens (including phenoxy) is 1. The molecule has 2 heterocycles. The van der Waals surface area contributed by atoms with Gasteiger partial charge >= 0.3 is 0 Å². The Balaban J connectivity index is 1.16. The zero-order valence-electron chi connectivity index (χ0n) is 22.8. The zero-order valence-corrected chi connectivity index (χ0v) is 23.6. The molecule has 0 saturated heterocycles. The summed E-state index contributed by atoms with van der Waals surface area (Å²) < 4.78 is 12.4. The molecule has 2 aromatic heterocycles. The van der Waals surface area contributed by atoms with E-state index in [9.17, 15) is 0 Å². The summed E-state index contributed by atoms with van der Waals surface area (Å²) in [6, 6.07) is 21.4. The first kappa shape index (κ1) is 27.0. The smallest absolute Gasteiger partial charge is 0.152 e. The van der Waals surface area contributed by atoms with Crippen molar-refractivity contribution in [3.63, 3.8) is 0 Å². The molecule has 202 valence electrons. The Kier molecular flexibility index (Phi) is 9.33. The molecule has 0 fully saturated rings. The van der Waals surface area contributed by atoms with Gasteiger partial charge in [0, 0.05) is 27.8 Å². The lowest BCUT2D eigenvalue weighted by atomic mass is 10.0. The molecule has 0 radical (unpaired) electrons. The van der Waals surface area contributed by atoms with Crippen LogP contribution in [0.25, 0.3) is 22.1 Å². The number of nitrogens with one attached hydrogen (secondary N) is 1. The second-order valence-corrected chi connectivity index (χ2v) is 10.9. The van der Waals surface area contributed by atoms with Crippen LogP contribution in [0.1, 0.15) is 62.0 Å². The number of tetrazole rings is 1. The molecule has 5 rings (SSSR count). The van der Waals surface area contributed by atoms with E-state index in [-0.39, 0.29) is 0 Å². The fourth-order valence-electron chi connectivity index (χ4n) is 4.96. The molecule has 3 aromatic carbocycles. The van der Waals surface area contributed by atoms with Gasteiger partial charge in [0.1, 0.15) is 11.3 Å². The van der Waals surface area contributed by atoms with Crippen molar-refractivity contribution >= 4 is 22.7 Å². The van der Waals surface area contributed by atoms with Gasteiger partial charge in [-0.05, 0) is 76.8 Å². The third-order valence-electron chi connectivity index (χ3n) is 6.85. The quantitative estimate of drug-likeness (QED) is 0.113.